The molecule has 2 heterocycles. The molecule has 2 aromatic heterocycles. The van der Waals surface area contributed by atoms with Crippen LogP contribution < -0.4 is 5.32 Å². The Morgan fingerprint density at radius 2 is 1.94 bits per heavy atom. The number of aromatic nitrogens is 3. The van der Waals surface area contributed by atoms with Gasteiger partial charge in [-0.25, -0.2) is 14.2 Å². The molecule has 0 aliphatic heterocycles. The first kappa shape index (κ1) is 20.5. The summed E-state index contributed by atoms with van der Waals surface area (Å²) in [5, 5.41) is 7.58. The highest BCUT2D eigenvalue weighted by molar-refractivity contribution is 6.34. The van der Waals surface area contributed by atoms with E-state index in [0.29, 0.717) is 11.3 Å². The summed E-state index contributed by atoms with van der Waals surface area (Å²) in [4.78, 5) is 29.8. The topological polar surface area (TPSA) is 86.1 Å². The van der Waals surface area contributed by atoms with Crippen LogP contribution in [-0.4, -0.2) is 33.2 Å². The highest BCUT2D eigenvalue weighted by Crippen LogP contribution is 2.25. The molecule has 0 saturated carbocycles. The molecular weight excluding hydrogens is 423 g/mol. The monoisotopic (exact) mass is 438 g/mol. The zero-order valence-electron chi connectivity index (χ0n) is 16.3. The van der Waals surface area contributed by atoms with Crippen molar-refractivity contribution in [2.45, 2.75) is 6.92 Å². The quantitative estimate of drug-likeness (QED) is 0.459. The molecule has 4 aromatic rings. The second-order valence-corrected chi connectivity index (χ2v) is 6.86. The Morgan fingerprint density at radius 3 is 2.71 bits per heavy atom. The fourth-order valence-corrected chi connectivity index (χ4v) is 3.31. The summed E-state index contributed by atoms with van der Waals surface area (Å²) >= 11 is 6.01. The Bertz CT molecular complexity index is 1280. The van der Waals surface area contributed by atoms with Crippen molar-refractivity contribution in [1.82, 2.24) is 14.8 Å². The number of pyridine rings is 1. The van der Waals surface area contributed by atoms with Crippen LogP contribution in [0.4, 0.5) is 10.2 Å². The number of nitrogens with one attached hydrogen (secondary N) is 1. The molecule has 0 fully saturated rings. The number of esters is 1. The summed E-state index contributed by atoms with van der Waals surface area (Å²) in [5.74, 6) is -1.98. The van der Waals surface area contributed by atoms with Gasteiger partial charge in [0.05, 0.1) is 28.9 Å². The number of ether oxygens (including phenoxy) is 1. The Hall–Kier alpha value is -3.78. The number of amides is 1. The first-order valence-corrected chi connectivity index (χ1v) is 9.74. The number of fused-ring (bicyclic) bond motifs is 1. The lowest BCUT2D eigenvalue weighted by atomic mass is 10.2. The number of carbonyl (C=O) groups excluding carboxylic acids is 2. The predicted octanol–water partition coefficient (Wildman–Crippen LogP) is 4.64. The molecule has 156 valence electrons. The molecule has 2 aromatic carbocycles. The number of anilines is 1. The van der Waals surface area contributed by atoms with Crippen molar-refractivity contribution in [2.24, 2.45) is 0 Å². The maximum Gasteiger partial charge on any atom is 0.343 e. The van der Waals surface area contributed by atoms with E-state index >= 15 is 0 Å². The van der Waals surface area contributed by atoms with Crippen molar-refractivity contribution < 1.29 is 18.7 Å². The Kier molecular flexibility index (Phi) is 5.64. The largest absolute Gasteiger partial charge is 0.462 e. The van der Waals surface area contributed by atoms with Gasteiger partial charge in [-0.2, -0.15) is 9.78 Å². The fraction of sp³-hybridized carbons (Fsp3) is 0.0909. The van der Waals surface area contributed by atoms with Gasteiger partial charge in [-0.1, -0.05) is 35.9 Å². The maximum absolute atomic E-state index is 14.2. The molecule has 0 radical (unpaired) electrons. The van der Waals surface area contributed by atoms with Crippen molar-refractivity contribution in [3.05, 3.63) is 82.8 Å². The SMILES string of the molecule is CCOC(=O)c1cnn(-c2ccc3ccccc3n2)c1NC(=O)c1c(F)cccc1Cl. The lowest BCUT2D eigenvalue weighted by molar-refractivity contribution is 0.0527. The molecule has 0 saturated heterocycles. The van der Waals surface area contributed by atoms with Crippen molar-refractivity contribution in [1.29, 1.82) is 0 Å². The van der Waals surface area contributed by atoms with Gasteiger partial charge in [0.1, 0.15) is 11.4 Å². The van der Waals surface area contributed by atoms with Gasteiger partial charge in [-0.05, 0) is 37.3 Å². The van der Waals surface area contributed by atoms with Crippen LogP contribution in [0.1, 0.15) is 27.6 Å². The average Bonchev–Trinajstić information content (AvgIpc) is 3.17. The van der Waals surface area contributed by atoms with Crippen LogP contribution in [0.3, 0.4) is 0 Å². The van der Waals surface area contributed by atoms with E-state index in [-0.39, 0.29) is 28.6 Å². The molecule has 1 N–H and O–H groups in total. The number of hydrogen-bond acceptors (Lipinski definition) is 5. The van der Waals surface area contributed by atoms with Crippen molar-refractivity contribution >= 4 is 40.2 Å². The molecule has 31 heavy (non-hydrogen) atoms. The van der Waals surface area contributed by atoms with Crippen LogP contribution in [-0.2, 0) is 4.74 Å². The zero-order chi connectivity index (χ0) is 22.0. The van der Waals surface area contributed by atoms with Crippen LogP contribution in [0.15, 0.2) is 60.8 Å². The molecule has 0 bridgehead atoms. The van der Waals surface area contributed by atoms with Gasteiger partial charge in [-0.3, -0.25) is 4.79 Å². The number of nitrogens with zero attached hydrogens (tertiary/aromatic N) is 3. The van der Waals surface area contributed by atoms with Crippen LogP contribution in [0.25, 0.3) is 16.7 Å². The molecular formula is C22H16ClFN4O3. The van der Waals surface area contributed by atoms with Crippen LogP contribution in [0.2, 0.25) is 5.02 Å². The third-order valence-electron chi connectivity index (χ3n) is 4.49. The molecule has 7 nitrogen and oxygen atoms in total. The Balaban J connectivity index is 1.81. The van der Waals surface area contributed by atoms with E-state index in [1.54, 1.807) is 13.0 Å². The minimum Gasteiger partial charge on any atom is -0.462 e. The summed E-state index contributed by atoms with van der Waals surface area (Å²) in [7, 11) is 0. The van der Waals surface area contributed by atoms with Gasteiger partial charge in [-0.15, -0.1) is 0 Å². The Morgan fingerprint density at radius 1 is 1.13 bits per heavy atom. The van der Waals surface area contributed by atoms with Crippen LogP contribution in [0.5, 0.6) is 0 Å². The zero-order valence-corrected chi connectivity index (χ0v) is 17.1. The molecule has 0 spiro atoms. The van der Waals surface area contributed by atoms with Crippen LogP contribution >= 0.6 is 11.6 Å². The number of halogens is 2. The lowest BCUT2D eigenvalue weighted by Gasteiger charge is -2.12. The third-order valence-corrected chi connectivity index (χ3v) is 4.80. The smallest absolute Gasteiger partial charge is 0.343 e. The molecule has 4 rings (SSSR count). The normalized spacial score (nSPS) is 10.8. The fourth-order valence-electron chi connectivity index (χ4n) is 3.06. The predicted molar refractivity (Wildman–Crippen MR) is 114 cm³/mol. The van der Waals surface area contributed by atoms with Gasteiger partial charge in [0.15, 0.2) is 11.6 Å². The number of hydrogen-bond donors (Lipinski definition) is 1. The minimum atomic E-state index is -0.837. The molecule has 0 atom stereocenters. The van der Waals surface area contributed by atoms with E-state index in [2.05, 4.69) is 15.4 Å². The highest BCUT2D eigenvalue weighted by atomic mass is 35.5. The van der Waals surface area contributed by atoms with E-state index < -0.39 is 17.7 Å². The number of para-hydroxylation sites is 1. The standard InChI is InChI=1S/C22H16ClFN4O3/c1-2-31-22(30)14-12-25-28(18-11-10-13-6-3-4-9-17(13)26-18)20(14)27-21(29)19-15(23)7-5-8-16(19)24/h3-12H,2H2,1H3,(H,27,29). The van der Waals surface area contributed by atoms with Gasteiger partial charge in [0.2, 0.25) is 0 Å². The average molecular weight is 439 g/mol. The van der Waals surface area contributed by atoms with Crippen molar-refractivity contribution in [2.75, 3.05) is 11.9 Å². The summed E-state index contributed by atoms with van der Waals surface area (Å²) in [6.45, 7) is 1.79. The molecule has 9 heteroatoms. The van der Waals surface area contributed by atoms with Crippen molar-refractivity contribution in [3.8, 4) is 5.82 Å². The van der Waals surface area contributed by atoms with Gasteiger partial charge >= 0.3 is 5.97 Å². The van der Waals surface area contributed by atoms with E-state index in [4.69, 9.17) is 16.3 Å². The van der Waals surface area contributed by atoms with E-state index in [9.17, 15) is 14.0 Å². The minimum absolute atomic E-state index is 0.00220. The van der Waals surface area contributed by atoms with E-state index in [1.165, 1.54) is 23.0 Å². The summed E-state index contributed by atoms with van der Waals surface area (Å²) < 4.78 is 20.6. The maximum atomic E-state index is 14.2. The van der Waals surface area contributed by atoms with E-state index in [0.717, 1.165) is 11.5 Å². The third kappa shape index (κ3) is 3.97. The Labute approximate surface area is 181 Å². The van der Waals surface area contributed by atoms with Crippen molar-refractivity contribution in [3.63, 3.8) is 0 Å². The molecule has 1 amide bonds. The highest BCUT2D eigenvalue weighted by Gasteiger charge is 2.24. The number of rotatable bonds is 5. The summed E-state index contributed by atoms with van der Waals surface area (Å²) in [5.41, 5.74) is 0.346. The lowest BCUT2D eigenvalue weighted by Crippen LogP contribution is -2.20. The molecule has 0 unspecified atom stereocenters. The van der Waals surface area contributed by atoms with E-state index in [1.807, 2.05) is 30.3 Å². The van der Waals surface area contributed by atoms with Gasteiger partial charge in [0, 0.05) is 5.39 Å². The molecule has 0 aliphatic carbocycles. The first-order chi connectivity index (χ1) is 15.0. The first-order valence-electron chi connectivity index (χ1n) is 9.36. The second kappa shape index (κ2) is 8.53. The summed E-state index contributed by atoms with van der Waals surface area (Å²) in [6, 6.07) is 14.9. The molecule has 0 aliphatic rings. The second-order valence-electron chi connectivity index (χ2n) is 6.45. The number of benzene rings is 2. The van der Waals surface area contributed by atoms with Crippen LogP contribution in [0, 0.1) is 5.82 Å². The summed E-state index contributed by atoms with van der Waals surface area (Å²) in [6.07, 6.45) is 1.26. The number of carbonyl (C=O) groups is 2. The van der Waals surface area contributed by atoms with Gasteiger partial charge < -0.3 is 10.1 Å². The van der Waals surface area contributed by atoms with Gasteiger partial charge in [0.25, 0.3) is 5.91 Å².